The Morgan fingerprint density at radius 2 is 1.91 bits per heavy atom. The maximum Gasteiger partial charge on any atom is 0.534 e. The Morgan fingerprint density at radius 1 is 1.35 bits per heavy atom. The fourth-order valence-corrected chi connectivity index (χ4v) is 2.20. The molecule has 0 aliphatic carbocycles. The van der Waals surface area contributed by atoms with E-state index in [1.165, 1.54) is 7.11 Å². The number of halogens is 3. The van der Waals surface area contributed by atoms with Gasteiger partial charge in [-0.3, -0.25) is 4.90 Å². The first kappa shape index (κ1) is 19.6. The van der Waals surface area contributed by atoms with Crippen LogP contribution in [0.25, 0.3) is 0 Å². The molecule has 1 amide bonds. The van der Waals surface area contributed by atoms with Crippen molar-refractivity contribution in [2.24, 2.45) is 0 Å². The van der Waals surface area contributed by atoms with Gasteiger partial charge in [0.15, 0.2) is 0 Å². The van der Waals surface area contributed by atoms with Gasteiger partial charge in [-0.15, -0.1) is 0 Å². The molecule has 134 valence electrons. The van der Waals surface area contributed by atoms with E-state index in [0.717, 1.165) is 11.0 Å². The Hall–Kier alpha value is -1.49. The van der Waals surface area contributed by atoms with Crippen molar-refractivity contribution in [2.45, 2.75) is 37.9 Å². The highest BCUT2D eigenvalue weighted by Crippen LogP contribution is 2.29. The van der Waals surface area contributed by atoms with Crippen LogP contribution in [0.3, 0.4) is 0 Å². The van der Waals surface area contributed by atoms with Crippen LogP contribution in [0.5, 0.6) is 0 Å². The summed E-state index contributed by atoms with van der Waals surface area (Å²) in [5, 5.41) is 0. The summed E-state index contributed by atoms with van der Waals surface area (Å²) in [5.74, 6) is -0.518. The molecule has 1 heterocycles. The Balaban J connectivity index is 2.91. The normalized spacial score (nSPS) is 19.5. The number of hydrogen-bond acceptors (Lipinski definition) is 6. The van der Waals surface area contributed by atoms with Gasteiger partial charge in [0.25, 0.3) is 0 Å². The molecule has 11 heteroatoms. The standard InChI is InChI=1S/C12H18F3NO6S/c1-11(2,3)21-10(17)16-6-9(5-8(16)7-20-4)22-23(18,19)12(13,14)15/h5,8H,6-7H2,1-4H3/t8-/m1/s1. The first-order valence-electron chi connectivity index (χ1n) is 6.47. The summed E-state index contributed by atoms with van der Waals surface area (Å²) in [5.41, 5.74) is -6.37. The fraction of sp³-hybridized carbons (Fsp3) is 0.750. The van der Waals surface area contributed by atoms with E-state index in [9.17, 15) is 26.4 Å². The largest absolute Gasteiger partial charge is 0.534 e. The van der Waals surface area contributed by atoms with Crippen LogP contribution in [0.1, 0.15) is 20.8 Å². The minimum atomic E-state index is -5.79. The van der Waals surface area contributed by atoms with Crippen LogP contribution >= 0.6 is 0 Å². The third-order valence-electron chi connectivity index (χ3n) is 2.57. The number of alkyl halides is 3. The van der Waals surface area contributed by atoms with Crippen LogP contribution in [0.4, 0.5) is 18.0 Å². The van der Waals surface area contributed by atoms with E-state index >= 15 is 0 Å². The summed E-state index contributed by atoms with van der Waals surface area (Å²) < 4.78 is 73.1. The zero-order valence-corrected chi connectivity index (χ0v) is 13.8. The van der Waals surface area contributed by atoms with Crippen LogP contribution in [0.2, 0.25) is 0 Å². The Kier molecular flexibility index (Phi) is 5.57. The molecule has 0 aromatic carbocycles. The van der Waals surface area contributed by atoms with E-state index in [4.69, 9.17) is 9.47 Å². The van der Waals surface area contributed by atoms with Crippen molar-refractivity contribution in [2.75, 3.05) is 20.3 Å². The number of amides is 1. The monoisotopic (exact) mass is 361 g/mol. The molecule has 1 aliphatic rings. The molecule has 0 saturated carbocycles. The van der Waals surface area contributed by atoms with Gasteiger partial charge < -0.3 is 13.7 Å². The molecule has 1 aliphatic heterocycles. The summed E-state index contributed by atoms with van der Waals surface area (Å²) >= 11 is 0. The van der Waals surface area contributed by atoms with Crippen LogP contribution in [0, 0.1) is 0 Å². The Bertz CT molecular complexity index is 579. The minimum Gasteiger partial charge on any atom is -0.444 e. The van der Waals surface area contributed by atoms with E-state index in [2.05, 4.69) is 4.18 Å². The highest BCUT2D eigenvalue weighted by Gasteiger charge is 2.49. The first-order valence-corrected chi connectivity index (χ1v) is 7.87. The van der Waals surface area contributed by atoms with Crippen molar-refractivity contribution >= 4 is 16.2 Å². The van der Waals surface area contributed by atoms with Gasteiger partial charge in [-0.1, -0.05) is 0 Å². The lowest BCUT2D eigenvalue weighted by molar-refractivity contribution is -0.0523. The lowest BCUT2D eigenvalue weighted by Crippen LogP contribution is -2.42. The SMILES string of the molecule is COC[C@H]1C=C(OS(=O)(=O)C(F)(F)F)CN1C(=O)OC(C)(C)C. The van der Waals surface area contributed by atoms with E-state index in [1.54, 1.807) is 20.8 Å². The molecular formula is C12H18F3NO6S. The molecule has 0 aromatic heterocycles. The molecule has 0 unspecified atom stereocenters. The van der Waals surface area contributed by atoms with E-state index < -0.39 is 45.7 Å². The highest BCUT2D eigenvalue weighted by molar-refractivity contribution is 7.87. The van der Waals surface area contributed by atoms with Crippen molar-refractivity contribution in [1.82, 2.24) is 4.90 Å². The lowest BCUT2D eigenvalue weighted by Gasteiger charge is -2.28. The summed E-state index contributed by atoms with van der Waals surface area (Å²) in [6, 6.07) is -0.798. The summed E-state index contributed by atoms with van der Waals surface area (Å²) in [6.45, 7) is 4.32. The zero-order valence-electron chi connectivity index (χ0n) is 13.0. The van der Waals surface area contributed by atoms with Crippen LogP contribution in [-0.2, 0) is 23.8 Å². The zero-order chi connectivity index (χ0) is 18.1. The topological polar surface area (TPSA) is 82.1 Å². The van der Waals surface area contributed by atoms with Crippen molar-refractivity contribution in [3.05, 3.63) is 11.8 Å². The average molecular weight is 361 g/mol. The maximum atomic E-state index is 12.3. The highest BCUT2D eigenvalue weighted by atomic mass is 32.2. The number of carbonyl (C=O) groups excluding carboxylic acids is 1. The molecule has 0 radical (unpaired) electrons. The molecule has 0 bridgehead atoms. The van der Waals surface area contributed by atoms with Crippen molar-refractivity contribution in [3.63, 3.8) is 0 Å². The molecule has 23 heavy (non-hydrogen) atoms. The van der Waals surface area contributed by atoms with Crippen molar-refractivity contribution < 1.29 is 40.0 Å². The van der Waals surface area contributed by atoms with Gasteiger partial charge in [0.1, 0.15) is 11.4 Å². The second-order valence-corrected chi connectivity index (χ2v) is 7.28. The quantitative estimate of drug-likeness (QED) is 0.563. The van der Waals surface area contributed by atoms with Gasteiger partial charge in [0.05, 0.1) is 19.2 Å². The lowest BCUT2D eigenvalue weighted by atomic mass is 10.2. The number of methoxy groups -OCH3 is 1. The molecule has 1 rings (SSSR count). The molecule has 7 nitrogen and oxygen atoms in total. The molecule has 0 saturated heterocycles. The van der Waals surface area contributed by atoms with Gasteiger partial charge in [0, 0.05) is 7.11 Å². The van der Waals surface area contributed by atoms with Crippen molar-refractivity contribution in [3.8, 4) is 0 Å². The van der Waals surface area contributed by atoms with Gasteiger partial charge in [-0.25, -0.2) is 4.79 Å². The predicted octanol–water partition coefficient (Wildman–Crippen LogP) is 2.00. The number of rotatable bonds is 4. The Morgan fingerprint density at radius 3 is 2.35 bits per heavy atom. The summed E-state index contributed by atoms with van der Waals surface area (Å²) in [7, 11) is -4.47. The van der Waals surface area contributed by atoms with Gasteiger partial charge in [0.2, 0.25) is 0 Å². The van der Waals surface area contributed by atoms with Crippen LogP contribution < -0.4 is 0 Å². The number of hydrogen-bond donors (Lipinski definition) is 0. The van der Waals surface area contributed by atoms with Gasteiger partial charge in [-0.05, 0) is 26.8 Å². The smallest absolute Gasteiger partial charge is 0.444 e. The fourth-order valence-electron chi connectivity index (χ4n) is 1.71. The maximum absolute atomic E-state index is 12.3. The summed E-state index contributed by atoms with van der Waals surface area (Å²) in [6.07, 6.45) is 0.260. The number of carbonyl (C=O) groups is 1. The van der Waals surface area contributed by atoms with E-state index in [0.29, 0.717) is 0 Å². The average Bonchev–Trinajstić information content (AvgIpc) is 2.68. The van der Waals surface area contributed by atoms with Crippen LogP contribution in [0.15, 0.2) is 11.8 Å². The van der Waals surface area contributed by atoms with Gasteiger partial charge >= 0.3 is 21.7 Å². The molecular weight excluding hydrogens is 343 g/mol. The molecule has 0 spiro atoms. The van der Waals surface area contributed by atoms with Gasteiger partial charge in [-0.2, -0.15) is 21.6 Å². The number of nitrogens with zero attached hydrogens (tertiary/aromatic N) is 1. The summed E-state index contributed by atoms with van der Waals surface area (Å²) in [4.78, 5) is 13.1. The Labute approximate surface area is 132 Å². The molecule has 0 fully saturated rings. The molecule has 1 atom stereocenters. The first-order chi connectivity index (χ1) is 10.3. The number of ether oxygens (including phenoxy) is 2. The second kappa shape index (κ2) is 6.56. The third-order valence-corrected chi connectivity index (χ3v) is 3.57. The molecule has 0 N–H and O–H groups in total. The second-order valence-electron chi connectivity index (χ2n) is 5.75. The minimum absolute atomic E-state index is 0.0574. The van der Waals surface area contributed by atoms with E-state index in [-0.39, 0.29) is 6.61 Å². The molecule has 0 aromatic rings. The van der Waals surface area contributed by atoms with Crippen LogP contribution in [-0.4, -0.2) is 56.8 Å². The van der Waals surface area contributed by atoms with Crippen molar-refractivity contribution in [1.29, 1.82) is 0 Å². The predicted molar refractivity (Wildman–Crippen MR) is 72.7 cm³/mol. The third kappa shape index (κ3) is 5.27. The van der Waals surface area contributed by atoms with E-state index in [1.807, 2.05) is 0 Å².